The molecule has 2 fully saturated rings. The molecule has 0 heterocycles. The van der Waals surface area contributed by atoms with Crippen LogP contribution in [0.5, 0.6) is 0 Å². The molecule has 0 aliphatic heterocycles. The molecule has 0 bridgehead atoms. The lowest BCUT2D eigenvalue weighted by atomic mass is 9.84. The van der Waals surface area contributed by atoms with Crippen molar-refractivity contribution < 1.29 is 19.1 Å². The molecule has 162 valence electrons. The average molecular weight is 397 g/mol. The topological polar surface area (TPSA) is 76.7 Å². The fourth-order valence-electron chi connectivity index (χ4n) is 4.82. The largest absolute Gasteiger partial charge is 0.468 e. The molecule has 0 aromatic heterocycles. The monoisotopic (exact) mass is 396 g/mol. The Morgan fingerprint density at radius 1 is 0.714 bits per heavy atom. The molecule has 6 heteroatoms. The third-order valence-electron chi connectivity index (χ3n) is 6.47. The van der Waals surface area contributed by atoms with Gasteiger partial charge in [-0.2, -0.15) is 0 Å². The van der Waals surface area contributed by atoms with E-state index in [-0.39, 0.29) is 24.0 Å². The Bertz CT molecular complexity index is 417. The first kappa shape index (κ1) is 23.1. The number of hydrogen-bond donors (Lipinski definition) is 2. The predicted octanol–water partition coefficient (Wildman–Crippen LogP) is 3.19. The van der Waals surface area contributed by atoms with Crippen LogP contribution in [0.3, 0.4) is 0 Å². The highest BCUT2D eigenvalue weighted by Gasteiger charge is 2.26. The van der Waals surface area contributed by atoms with Gasteiger partial charge in [0.2, 0.25) is 0 Å². The number of hydrogen-bond acceptors (Lipinski definition) is 6. The quantitative estimate of drug-likeness (QED) is 0.413. The predicted molar refractivity (Wildman–Crippen MR) is 110 cm³/mol. The van der Waals surface area contributed by atoms with Crippen molar-refractivity contribution in [3.05, 3.63) is 0 Å². The summed E-state index contributed by atoms with van der Waals surface area (Å²) in [4.78, 5) is 24.3. The molecule has 2 rings (SSSR count). The second-order valence-corrected chi connectivity index (χ2v) is 8.54. The SMILES string of the molecule is COC(=O)C(CC1CCCCC1)NCCNC(CC1CCCCC1)C(=O)OC. The fourth-order valence-corrected chi connectivity index (χ4v) is 4.82. The molecule has 0 saturated heterocycles. The Balaban J connectivity index is 1.76. The van der Waals surface area contributed by atoms with Crippen LogP contribution in [-0.4, -0.2) is 51.3 Å². The summed E-state index contributed by atoms with van der Waals surface area (Å²) in [6.07, 6.45) is 14.2. The molecule has 28 heavy (non-hydrogen) atoms. The third-order valence-corrected chi connectivity index (χ3v) is 6.47. The van der Waals surface area contributed by atoms with Gasteiger partial charge in [-0.15, -0.1) is 0 Å². The van der Waals surface area contributed by atoms with Crippen molar-refractivity contribution in [2.24, 2.45) is 11.8 Å². The van der Waals surface area contributed by atoms with E-state index in [1.165, 1.54) is 78.4 Å². The summed E-state index contributed by atoms with van der Waals surface area (Å²) >= 11 is 0. The first-order valence-corrected chi connectivity index (χ1v) is 11.3. The fraction of sp³-hybridized carbons (Fsp3) is 0.909. The van der Waals surface area contributed by atoms with Crippen LogP contribution in [0.1, 0.15) is 77.0 Å². The molecule has 6 nitrogen and oxygen atoms in total. The number of methoxy groups -OCH3 is 2. The summed E-state index contributed by atoms with van der Waals surface area (Å²) in [6.45, 7) is 1.26. The van der Waals surface area contributed by atoms with E-state index >= 15 is 0 Å². The van der Waals surface area contributed by atoms with Gasteiger partial charge in [0, 0.05) is 13.1 Å². The molecule has 2 atom stereocenters. The lowest BCUT2D eigenvalue weighted by Gasteiger charge is -2.27. The Kier molecular flexibility index (Phi) is 10.9. The van der Waals surface area contributed by atoms with Crippen LogP contribution in [0.4, 0.5) is 0 Å². The molecule has 0 spiro atoms. The zero-order valence-corrected chi connectivity index (χ0v) is 17.8. The van der Waals surface area contributed by atoms with Gasteiger partial charge in [-0.05, 0) is 24.7 Å². The highest BCUT2D eigenvalue weighted by molar-refractivity contribution is 5.76. The van der Waals surface area contributed by atoms with Gasteiger partial charge in [0.15, 0.2) is 0 Å². The summed E-state index contributed by atoms with van der Waals surface area (Å²) in [5.74, 6) is 0.842. The first-order chi connectivity index (χ1) is 13.6. The Hall–Kier alpha value is -1.14. The minimum absolute atomic E-state index is 0.183. The van der Waals surface area contributed by atoms with Gasteiger partial charge in [0.25, 0.3) is 0 Å². The minimum atomic E-state index is -0.259. The summed E-state index contributed by atoms with van der Waals surface area (Å²) in [5, 5.41) is 6.69. The van der Waals surface area contributed by atoms with Crippen molar-refractivity contribution >= 4 is 11.9 Å². The van der Waals surface area contributed by atoms with Crippen molar-refractivity contribution in [1.82, 2.24) is 10.6 Å². The maximum atomic E-state index is 12.2. The van der Waals surface area contributed by atoms with Crippen LogP contribution in [0, 0.1) is 11.8 Å². The molecular formula is C22H40N2O4. The summed E-state index contributed by atoms with van der Waals surface area (Å²) in [5.41, 5.74) is 0. The van der Waals surface area contributed by atoms with E-state index in [0.717, 1.165) is 12.8 Å². The lowest BCUT2D eigenvalue weighted by Crippen LogP contribution is -2.46. The van der Waals surface area contributed by atoms with Gasteiger partial charge in [0.05, 0.1) is 14.2 Å². The van der Waals surface area contributed by atoms with Gasteiger partial charge in [-0.3, -0.25) is 9.59 Å². The van der Waals surface area contributed by atoms with E-state index in [1.54, 1.807) is 0 Å². The van der Waals surface area contributed by atoms with E-state index in [2.05, 4.69) is 10.6 Å². The van der Waals surface area contributed by atoms with E-state index in [0.29, 0.717) is 24.9 Å². The molecule has 0 amide bonds. The maximum Gasteiger partial charge on any atom is 0.322 e. The van der Waals surface area contributed by atoms with Crippen LogP contribution < -0.4 is 10.6 Å². The van der Waals surface area contributed by atoms with E-state index in [1.807, 2.05) is 0 Å². The number of nitrogens with one attached hydrogen (secondary N) is 2. The zero-order chi connectivity index (χ0) is 20.2. The van der Waals surface area contributed by atoms with Crippen LogP contribution in [-0.2, 0) is 19.1 Å². The Labute approximate surface area is 170 Å². The van der Waals surface area contributed by atoms with Crippen molar-refractivity contribution in [3.8, 4) is 0 Å². The van der Waals surface area contributed by atoms with Crippen molar-refractivity contribution in [2.75, 3.05) is 27.3 Å². The average Bonchev–Trinajstić information content (AvgIpc) is 2.75. The molecule has 2 saturated carbocycles. The van der Waals surface area contributed by atoms with Gasteiger partial charge < -0.3 is 20.1 Å². The van der Waals surface area contributed by atoms with Gasteiger partial charge in [-0.1, -0.05) is 64.2 Å². The van der Waals surface area contributed by atoms with Crippen LogP contribution in [0.2, 0.25) is 0 Å². The van der Waals surface area contributed by atoms with Gasteiger partial charge in [-0.25, -0.2) is 0 Å². The second-order valence-electron chi connectivity index (χ2n) is 8.54. The highest BCUT2D eigenvalue weighted by Crippen LogP contribution is 2.28. The van der Waals surface area contributed by atoms with Gasteiger partial charge >= 0.3 is 11.9 Å². The molecule has 0 aromatic carbocycles. The lowest BCUT2D eigenvalue weighted by molar-refractivity contribution is -0.144. The Morgan fingerprint density at radius 2 is 1.07 bits per heavy atom. The smallest absolute Gasteiger partial charge is 0.322 e. The zero-order valence-electron chi connectivity index (χ0n) is 17.8. The van der Waals surface area contributed by atoms with Crippen LogP contribution >= 0.6 is 0 Å². The number of carbonyl (C=O) groups excluding carboxylic acids is 2. The number of rotatable bonds is 11. The summed E-state index contributed by atoms with van der Waals surface area (Å²) < 4.78 is 9.98. The van der Waals surface area contributed by atoms with E-state index in [9.17, 15) is 9.59 Å². The van der Waals surface area contributed by atoms with Crippen molar-refractivity contribution in [1.29, 1.82) is 0 Å². The number of carbonyl (C=O) groups is 2. The van der Waals surface area contributed by atoms with Crippen LogP contribution in [0.25, 0.3) is 0 Å². The second kappa shape index (κ2) is 13.2. The normalized spacial score (nSPS) is 21.1. The summed E-state index contributed by atoms with van der Waals surface area (Å²) in [7, 11) is 2.90. The van der Waals surface area contributed by atoms with E-state index in [4.69, 9.17) is 9.47 Å². The molecule has 0 aromatic rings. The van der Waals surface area contributed by atoms with Gasteiger partial charge in [0.1, 0.15) is 12.1 Å². The molecule has 2 N–H and O–H groups in total. The Morgan fingerprint density at radius 3 is 1.39 bits per heavy atom. The van der Waals surface area contributed by atoms with Crippen LogP contribution in [0.15, 0.2) is 0 Å². The molecule has 2 unspecified atom stereocenters. The van der Waals surface area contributed by atoms with Crippen molar-refractivity contribution in [2.45, 2.75) is 89.1 Å². The standard InChI is InChI=1S/C22H40N2O4/c1-27-21(25)19(15-17-9-5-3-6-10-17)23-13-14-24-20(22(26)28-2)16-18-11-7-4-8-12-18/h17-20,23-24H,3-16H2,1-2H3. The highest BCUT2D eigenvalue weighted by atomic mass is 16.5. The van der Waals surface area contributed by atoms with E-state index < -0.39 is 0 Å². The summed E-state index contributed by atoms with van der Waals surface area (Å²) in [6, 6.07) is -0.519. The first-order valence-electron chi connectivity index (χ1n) is 11.3. The van der Waals surface area contributed by atoms with Crippen molar-refractivity contribution in [3.63, 3.8) is 0 Å². The minimum Gasteiger partial charge on any atom is -0.468 e. The number of esters is 2. The molecule has 0 radical (unpaired) electrons. The molecular weight excluding hydrogens is 356 g/mol. The number of ether oxygens (including phenoxy) is 2. The maximum absolute atomic E-state index is 12.2. The molecule has 2 aliphatic rings. The third kappa shape index (κ3) is 8.08. The molecule has 2 aliphatic carbocycles.